The Morgan fingerprint density at radius 2 is 2.36 bits per heavy atom. The smallest absolute Gasteiger partial charge is 0.141 e. The van der Waals surface area contributed by atoms with Crippen LogP contribution in [0.4, 0.5) is 4.39 Å². The van der Waals surface area contributed by atoms with Gasteiger partial charge in [0.25, 0.3) is 0 Å². The fourth-order valence-corrected chi connectivity index (χ4v) is 1.86. The van der Waals surface area contributed by atoms with Crippen LogP contribution in [0.25, 0.3) is 0 Å². The summed E-state index contributed by atoms with van der Waals surface area (Å²) in [4.78, 5) is 10.7. The van der Waals surface area contributed by atoms with E-state index in [1.165, 1.54) is 6.07 Å². The van der Waals surface area contributed by atoms with Crippen LogP contribution in [-0.2, 0) is 11.2 Å². The average molecular weight is 193 g/mol. The normalized spacial score (nSPS) is 20.3. The number of aldehydes is 1. The fourth-order valence-electron chi connectivity index (χ4n) is 1.86. The van der Waals surface area contributed by atoms with E-state index in [0.29, 0.717) is 5.56 Å². The van der Waals surface area contributed by atoms with Crippen LogP contribution in [0.3, 0.4) is 0 Å². The molecule has 1 aliphatic rings. The third kappa shape index (κ3) is 1.44. The lowest BCUT2D eigenvalue weighted by atomic mass is 9.93. The zero-order chi connectivity index (χ0) is 10.1. The number of carbonyl (C=O) groups excluding carboxylic acids is 1. The van der Waals surface area contributed by atoms with E-state index >= 15 is 0 Å². The lowest BCUT2D eigenvalue weighted by molar-refractivity contribution is -0.109. The van der Waals surface area contributed by atoms with Gasteiger partial charge in [0.1, 0.15) is 12.1 Å². The van der Waals surface area contributed by atoms with Crippen molar-refractivity contribution in [1.82, 2.24) is 5.32 Å². The summed E-state index contributed by atoms with van der Waals surface area (Å²) in [6.07, 6.45) is 1.69. The molecular weight excluding hydrogens is 181 g/mol. The molecule has 0 aromatic heterocycles. The molecule has 14 heavy (non-hydrogen) atoms. The first-order chi connectivity index (χ1) is 6.72. The Bertz CT molecular complexity index is 376. The predicted octanol–water partition coefficient (Wildman–Crippen LogP) is 1.52. The second kappa shape index (κ2) is 3.50. The van der Waals surface area contributed by atoms with Crippen molar-refractivity contribution < 1.29 is 9.18 Å². The van der Waals surface area contributed by atoms with Gasteiger partial charge in [-0.15, -0.1) is 0 Å². The van der Waals surface area contributed by atoms with Crippen molar-refractivity contribution in [2.75, 3.05) is 6.54 Å². The molecule has 2 rings (SSSR count). The predicted molar refractivity (Wildman–Crippen MR) is 51.6 cm³/mol. The molecule has 3 heteroatoms. The number of carbonyl (C=O) groups is 1. The molecule has 0 bridgehead atoms. The molecule has 1 heterocycles. The maximum absolute atomic E-state index is 13.3. The summed E-state index contributed by atoms with van der Waals surface area (Å²) in [5.41, 5.74) is 2.52. The van der Waals surface area contributed by atoms with Gasteiger partial charge in [-0.2, -0.15) is 0 Å². The number of aryl methyl sites for hydroxylation is 1. The molecule has 1 aliphatic heterocycles. The van der Waals surface area contributed by atoms with E-state index in [9.17, 15) is 9.18 Å². The highest BCUT2D eigenvalue weighted by Gasteiger charge is 2.20. The molecule has 74 valence electrons. The van der Waals surface area contributed by atoms with Gasteiger partial charge in [-0.25, -0.2) is 4.39 Å². The first-order valence-electron chi connectivity index (χ1n) is 4.70. The third-order valence-electron chi connectivity index (χ3n) is 2.65. The van der Waals surface area contributed by atoms with Crippen LogP contribution in [0.5, 0.6) is 0 Å². The van der Waals surface area contributed by atoms with Crippen LogP contribution >= 0.6 is 0 Å². The van der Waals surface area contributed by atoms with Crippen molar-refractivity contribution >= 4 is 6.29 Å². The molecule has 0 aliphatic carbocycles. The molecule has 1 aromatic rings. The summed E-state index contributed by atoms with van der Waals surface area (Å²) in [5.74, 6) is -0.237. The molecular formula is C11H12FNO. The summed E-state index contributed by atoms with van der Waals surface area (Å²) in [6, 6.07) is 2.96. The van der Waals surface area contributed by atoms with E-state index in [0.717, 1.165) is 30.4 Å². The van der Waals surface area contributed by atoms with E-state index in [4.69, 9.17) is 0 Å². The highest BCUT2D eigenvalue weighted by atomic mass is 19.1. The zero-order valence-electron chi connectivity index (χ0n) is 8.01. The van der Waals surface area contributed by atoms with Gasteiger partial charge in [0, 0.05) is 6.54 Å². The molecule has 1 aromatic carbocycles. The van der Waals surface area contributed by atoms with Gasteiger partial charge >= 0.3 is 0 Å². The molecule has 1 N–H and O–H groups in total. The van der Waals surface area contributed by atoms with Crippen LogP contribution in [0, 0.1) is 12.7 Å². The number of hydrogen-bond donors (Lipinski definition) is 1. The summed E-state index contributed by atoms with van der Waals surface area (Å²) in [6.45, 7) is 2.52. The zero-order valence-corrected chi connectivity index (χ0v) is 8.01. The molecule has 0 amide bonds. The first-order valence-corrected chi connectivity index (χ1v) is 4.70. The lowest BCUT2D eigenvalue weighted by Gasteiger charge is -2.23. The molecule has 0 fully saturated rings. The molecule has 0 saturated heterocycles. The first kappa shape index (κ1) is 9.34. The Balaban J connectivity index is 2.52. The van der Waals surface area contributed by atoms with Crippen molar-refractivity contribution in [2.45, 2.75) is 19.4 Å². The minimum Gasteiger partial charge on any atom is -0.304 e. The summed E-state index contributed by atoms with van der Waals surface area (Å²) in [5, 5.41) is 3.04. The minimum atomic E-state index is -0.339. The van der Waals surface area contributed by atoms with E-state index in [1.54, 1.807) is 6.92 Å². The molecule has 0 spiro atoms. The van der Waals surface area contributed by atoms with Crippen LogP contribution in [0.2, 0.25) is 0 Å². The number of nitrogens with one attached hydrogen (secondary N) is 1. The monoisotopic (exact) mass is 193 g/mol. The minimum absolute atomic E-state index is 0.237. The van der Waals surface area contributed by atoms with Crippen LogP contribution in [0.1, 0.15) is 22.7 Å². The third-order valence-corrected chi connectivity index (χ3v) is 2.65. The van der Waals surface area contributed by atoms with Gasteiger partial charge in [-0.1, -0.05) is 6.07 Å². The van der Waals surface area contributed by atoms with Crippen molar-refractivity contribution in [1.29, 1.82) is 0 Å². The molecule has 2 nitrogen and oxygen atoms in total. The second-order valence-corrected chi connectivity index (χ2v) is 3.62. The Morgan fingerprint density at radius 3 is 3.07 bits per heavy atom. The van der Waals surface area contributed by atoms with Crippen LogP contribution < -0.4 is 5.32 Å². The van der Waals surface area contributed by atoms with Crippen molar-refractivity contribution in [3.05, 3.63) is 34.6 Å². The topological polar surface area (TPSA) is 29.1 Å². The van der Waals surface area contributed by atoms with Crippen molar-refractivity contribution in [2.24, 2.45) is 0 Å². The average Bonchev–Trinajstić information content (AvgIpc) is 2.19. The summed E-state index contributed by atoms with van der Waals surface area (Å²) in [7, 11) is 0. The van der Waals surface area contributed by atoms with Gasteiger partial charge in [0.05, 0.1) is 6.04 Å². The molecule has 0 radical (unpaired) electrons. The second-order valence-electron chi connectivity index (χ2n) is 3.62. The quantitative estimate of drug-likeness (QED) is 0.685. The fraction of sp³-hybridized carbons (Fsp3) is 0.364. The Hall–Kier alpha value is -1.22. The highest BCUT2D eigenvalue weighted by molar-refractivity contribution is 5.63. The number of halogens is 1. The van der Waals surface area contributed by atoms with Crippen LogP contribution in [0.15, 0.2) is 12.1 Å². The maximum Gasteiger partial charge on any atom is 0.141 e. The molecule has 0 saturated carbocycles. The molecule has 1 unspecified atom stereocenters. The van der Waals surface area contributed by atoms with Gasteiger partial charge < -0.3 is 10.1 Å². The molecule has 1 atom stereocenters. The van der Waals surface area contributed by atoms with Gasteiger partial charge in [0.15, 0.2) is 0 Å². The Labute approximate surface area is 82.1 Å². The van der Waals surface area contributed by atoms with Crippen LogP contribution in [-0.4, -0.2) is 12.8 Å². The largest absolute Gasteiger partial charge is 0.304 e. The standard InChI is InChI=1S/C11H12FNO/c1-7-4-8-2-3-13-11(6-14)9(8)5-10(7)12/h4-6,11,13H,2-3H2,1H3. The highest BCUT2D eigenvalue weighted by Crippen LogP contribution is 2.24. The number of fused-ring (bicyclic) bond motifs is 1. The van der Waals surface area contributed by atoms with E-state index in [1.807, 2.05) is 6.07 Å². The number of hydrogen-bond acceptors (Lipinski definition) is 2. The van der Waals surface area contributed by atoms with Crippen molar-refractivity contribution in [3.8, 4) is 0 Å². The van der Waals surface area contributed by atoms with Gasteiger partial charge in [0.2, 0.25) is 0 Å². The van der Waals surface area contributed by atoms with E-state index < -0.39 is 0 Å². The SMILES string of the molecule is Cc1cc2c(cc1F)C(C=O)NCC2. The summed E-state index contributed by atoms with van der Waals surface area (Å²) >= 11 is 0. The van der Waals surface area contributed by atoms with Gasteiger partial charge in [-0.3, -0.25) is 0 Å². The maximum atomic E-state index is 13.3. The van der Waals surface area contributed by atoms with E-state index in [2.05, 4.69) is 5.32 Å². The van der Waals surface area contributed by atoms with Crippen molar-refractivity contribution in [3.63, 3.8) is 0 Å². The number of rotatable bonds is 1. The summed E-state index contributed by atoms with van der Waals surface area (Å²) < 4.78 is 13.3. The van der Waals surface area contributed by atoms with E-state index in [-0.39, 0.29) is 11.9 Å². The number of benzene rings is 1. The lowest BCUT2D eigenvalue weighted by Crippen LogP contribution is -2.30. The van der Waals surface area contributed by atoms with Gasteiger partial charge in [-0.05, 0) is 36.1 Å². The Kier molecular flexibility index (Phi) is 2.33. The Morgan fingerprint density at radius 1 is 1.57 bits per heavy atom.